The maximum atomic E-state index is 6.52. The molecule has 0 aliphatic rings. The summed E-state index contributed by atoms with van der Waals surface area (Å²) in [4.78, 5) is 10.6. The van der Waals surface area contributed by atoms with Crippen molar-refractivity contribution < 1.29 is 4.42 Å². The van der Waals surface area contributed by atoms with Gasteiger partial charge in [0.25, 0.3) is 0 Å². The summed E-state index contributed by atoms with van der Waals surface area (Å²) >= 11 is 0. The molecule has 6 aromatic carbocycles. The first kappa shape index (κ1) is 21.5. The number of furan rings is 1. The maximum Gasteiger partial charge on any atom is 0.235 e. The Morgan fingerprint density at radius 2 is 1.15 bits per heavy atom. The Morgan fingerprint density at radius 1 is 0.500 bits per heavy atom. The predicted octanol–water partition coefficient (Wildman–Crippen LogP) is 9.45. The first-order valence-corrected chi connectivity index (χ1v) is 13.4. The molecule has 0 radical (unpaired) electrons. The van der Waals surface area contributed by atoms with E-state index in [-0.39, 0.29) is 0 Å². The molecule has 4 heteroatoms. The molecule has 0 N–H and O–H groups in total. The van der Waals surface area contributed by atoms with Gasteiger partial charge in [-0.1, -0.05) is 97.1 Å². The van der Waals surface area contributed by atoms with Gasteiger partial charge in [-0.3, -0.25) is 4.57 Å². The average molecular weight is 512 g/mol. The van der Waals surface area contributed by atoms with E-state index in [9.17, 15) is 0 Å². The van der Waals surface area contributed by atoms with Gasteiger partial charge in [0.15, 0.2) is 0 Å². The van der Waals surface area contributed by atoms with Gasteiger partial charge < -0.3 is 4.42 Å². The Morgan fingerprint density at radius 3 is 1.93 bits per heavy atom. The summed E-state index contributed by atoms with van der Waals surface area (Å²) in [5.41, 5.74) is 6.71. The highest BCUT2D eigenvalue weighted by Crippen LogP contribution is 2.40. The van der Waals surface area contributed by atoms with Crippen molar-refractivity contribution in [2.24, 2.45) is 0 Å². The molecule has 0 atom stereocenters. The summed E-state index contributed by atoms with van der Waals surface area (Å²) in [6, 6.07) is 44.2. The van der Waals surface area contributed by atoms with Crippen molar-refractivity contribution in [2.75, 3.05) is 0 Å². The highest BCUT2D eigenvalue weighted by atomic mass is 16.3. The second-order valence-corrected chi connectivity index (χ2v) is 10.2. The number of rotatable bonds is 2. The van der Waals surface area contributed by atoms with Crippen LogP contribution in [0.25, 0.3) is 82.6 Å². The molecule has 0 amide bonds. The number of para-hydroxylation sites is 2. The van der Waals surface area contributed by atoms with Gasteiger partial charge in [0.05, 0.1) is 27.6 Å². The van der Waals surface area contributed by atoms with Crippen LogP contribution in [0.3, 0.4) is 0 Å². The summed E-state index contributed by atoms with van der Waals surface area (Å²) in [6.45, 7) is 0. The van der Waals surface area contributed by atoms with Crippen LogP contribution in [0.4, 0.5) is 0 Å². The largest absolute Gasteiger partial charge is 0.455 e. The Balaban J connectivity index is 1.48. The van der Waals surface area contributed by atoms with E-state index in [4.69, 9.17) is 14.4 Å². The summed E-state index contributed by atoms with van der Waals surface area (Å²) in [5, 5.41) is 7.69. The third-order valence-electron chi connectivity index (χ3n) is 8.01. The zero-order valence-corrected chi connectivity index (χ0v) is 21.4. The van der Waals surface area contributed by atoms with E-state index in [0.717, 1.165) is 65.9 Å². The molecule has 40 heavy (non-hydrogen) atoms. The number of fused-ring (bicyclic) bond motifs is 10. The Bertz CT molecular complexity index is 2380. The quantitative estimate of drug-likeness (QED) is 0.232. The second-order valence-electron chi connectivity index (χ2n) is 10.2. The molecule has 186 valence electrons. The number of benzene rings is 6. The molecule has 9 aromatic rings. The molecule has 0 aliphatic heterocycles. The van der Waals surface area contributed by atoms with Crippen molar-refractivity contribution in [2.45, 2.75) is 0 Å². The van der Waals surface area contributed by atoms with Crippen LogP contribution in [0.5, 0.6) is 0 Å². The maximum absolute atomic E-state index is 6.52. The lowest BCUT2D eigenvalue weighted by atomic mass is 10.0. The molecule has 3 heterocycles. The lowest BCUT2D eigenvalue weighted by molar-refractivity contribution is 0.673. The van der Waals surface area contributed by atoms with Crippen molar-refractivity contribution in [1.82, 2.24) is 14.5 Å². The normalized spacial score (nSPS) is 12.0. The van der Waals surface area contributed by atoms with Gasteiger partial charge in [-0.25, -0.2) is 9.97 Å². The average Bonchev–Trinajstić information content (AvgIpc) is 3.57. The number of nitrogens with zero attached hydrogens (tertiary/aromatic N) is 3. The summed E-state index contributed by atoms with van der Waals surface area (Å²) < 4.78 is 8.71. The fourth-order valence-electron chi connectivity index (χ4n) is 6.22. The molecule has 0 saturated heterocycles. The number of hydrogen-bond acceptors (Lipinski definition) is 3. The minimum Gasteiger partial charge on any atom is -0.455 e. The molecule has 4 nitrogen and oxygen atoms in total. The van der Waals surface area contributed by atoms with E-state index in [2.05, 4.69) is 126 Å². The van der Waals surface area contributed by atoms with E-state index in [1.165, 1.54) is 10.8 Å². The fourth-order valence-corrected chi connectivity index (χ4v) is 6.22. The molecule has 0 saturated carbocycles. The van der Waals surface area contributed by atoms with E-state index in [0.29, 0.717) is 5.95 Å². The van der Waals surface area contributed by atoms with Crippen LogP contribution in [0, 0.1) is 0 Å². The zero-order chi connectivity index (χ0) is 26.2. The molecule has 0 bridgehead atoms. The smallest absolute Gasteiger partial charge is 0.235 e. The van der Waals surface area contributed by atoms with Gasteiger partial charge in [0.1, 0.15) is 11.2 Å². The van der Waals surface area contributed by atoms with Crippen molar-refractivity contribution in [3.05, 3.63) is 127 Å². The Hall–Kier alpha value is -5.48. The van der Waals surface area contributed by atoms with Gasteiger partial charge in [-0.15, -0.1) is 0 Å². The van der Waals surface area contributed by atoms with Gasteiger partial charge >= 0.3 is 0 Å². The van der Waals surface area contributed by atoms with E-state index < -0.39 is 0 Å². The third kappa shape index (κ3) is 2.90. The minimum absolute atomic E-state index is 0.645. The van der Waals surface area contributed by atoms with Crippen molar-refractivity contribution in [3.8, 4) is 17.2 Å². The molecule has 9 rings (SSSR count). The molecule has 3 aromatic heterocycles. The van der Waals surface area contributed by atoms with Crippen LogP contribution in [-0.4, -0.2) is 14.5 Å². The molecular formula is C36H21N3O. The van der Waals surface area contributed by atoms with Crippen LogP contribution in [-0.2, 0) is 0 Å². The van der Waals surface area contributed by atoms with Crippen LogP contribution >= 0.6 is 0 Å². The van der Waals surface area contributed by atoms with Gasteiger partial charge in [0.2, 0.25) is 5.95 Å². The van der Waals surface area contributed by atoms with Crippen LogP contribution in [0.15, 0.2) is 132 Å². The van der Waals surface area contributed by atoms with E-state index >= 15 is 0 Å². The minimum atomic E-state index is 0.645. The summed E-state index contributed by atoms with van der Waals surface area (Å²) in [7, 11) is 0. The summed E-state index contributed by atoms with van der Waals surface area (Å²) in [5.74, 6) is 0.645. The van der Waals surface area contributed by atoms with Crippen molar-refractivity contribution in [1.29, 1.82) is 0 Å². The fraction of sp³-hybridized carbons (Fsp3) is 0. The highest BCUT2D eigenvalue weighted by molar-refractivity contribution is 6.23. The van der Waals surface area contributed by atoms with Gasteiger partial charge in [-0.05, 0) is 35.7 Å². The Labute approximate surface area is 228 Å². The topological polar surface area (TPSA) is 43.9 Å². The van der Waals surface area contributed by atoms with E-state index in [1.807, 2.05) is 6.07 Å². The zero-order valence-electron chi connectivity index (χ0n) is 21.4. The standard InChI is InChI=1S/C36H21N3O/c1-2-11-23(12-3-1)33-28-20-21-31-32(27-19-18-22-10-4-5-13-24(22)35(27)40-31)34(28)38-36(37-33)39-29-16-8-6-14-25(29)26-15-7-9-17-30(26)39/h1-21H. The van der Waals surface area contributed by atoms with Crippen LogP contribution < -0.4 is 0 Å². The number of hydrogen-bond donors (Lipinski definition) is 0. The van der Waals surface area contributed by atoms with Crippen molar-refractivity contribution in [3.63, 3.8) is 0 Å². The predicted molar refractivity (Wildman–Crippen MR) is 164 cm³/mol. The molecular weight excluding hydrogens is 490 g/mol. The van der Waals surface area contributed by atoms with Crippen LogP contribution in [0.2, 0.25) is 0 Å². The van der Waals surface area contributed by atoms with Crippen LogP contribution in [0.1, 0.15) is 0 Å². The summed E-state index contributed by atoms with van der Waals surface area (Å²) in [6.07, 6.45) is 0. The SMILES string of the molecule is c1ccc(-c2nc(-n3c4ccccc4c4ccccc43)nc3c2ccc2oc4c5ccccc5ccc4c23)cc1. The highest BCUT2D eigenvalue weighted by Gasteiger charge is 2.20. The lowest BCUT2D eigenvalue weighted by Crippen LogP contribution is -2.03. The number of aromatic nitrogens is 3. The van der Waals surface area contributed by atoms with Gasteiger partial charge in [-0.2, -0.15) is 0 Å². The molecule has 0 fully saturated rings. The third-order valence-corrected chi connectivity index (χ3v) is 8.01. The second kappa shape index (κ2) is 8.01. The van der Waals surface area contributed by atoms with Gasteiger partial charge in [0, 0.05) is 32.5 Å². The molecule has 0 aliphatic carbocycles. The molecule has 0 spiro atoms. The lowest BCUT2D eigenvalue weighted by Gasteiger charge is -2.12. The first-order valence-electron chi connectivity index (χ1n) is 13.4. The van der Waals surface area contributed by atoms with E-state index in [1.54, 1.807) is 0 Å². The Kier molecular flexibility index (Phi) is 4.30. The van der Waals surface area contributed by atoms with Crippen molar-refractivity contribution >= 4 is 65.4 Å². The monoisotopic (exact) mass is 511 g/mol. The first-order chi connectivity index (χ1) is 19.8. The molecule has 0 unspecified atom stereocenters.